The molecule has 0 radical (unpaired) electrons. The Morgan fingerprint density at radius 3 is 2.57 bits per heavy atom. The highest BCUT2D eigenvalue weighted by atomic mass is 79.9. The Morgan fingerprint density at radius 2 is 2.00 bits per heavy atom. The molecule has 0 saturated carbocycles. The number of nitrogens with two attached hydrogens (primary N) is 1. The maximum atomic E-state index is 13.7. The zero-order valence-electron chi connectivity index (χ0n) is 10.9. The number of methoxy groups -OCH3 is 1. The van der Waals surface area contributed by atoms with E-state index in [9.17, 15) is 12.8 Å². The third kappa shape index (κ3) is 3.45. The third-order valence-electron chi connectivity index (χ3n) is 2.64. The summed E-state index contributed by atoms with van der Waals surface area (Å²) in [5.41, 5.74) is 5.84. The van der Waals surface area contributed by atoms with Gasteiger partial charge in [0.1, 0.15) is 0 Å². The second kappa shape index (κ2) is 5.90. The number of benzene rings is 2. The standard InChI is InChI=1S/C13H12BrFN2O3S/c1-20-13-11(15)6-10(7-12(13)16)21(18,19)17-9-4-2-3-8(14)5-9/h2-7,17H,16H2,1H3. The van der Waals surface area contributed by atoms with Gasteiger partial charge in [0.05, 0.1) is 17.7 Å². The van der Waals surface area contributed by atoms with E-state index in [1.807, 2.05) is 0 Å². The summed E-state index contributed by atoms with van der Waals surface area (Å²) in [5.74, 6) is -1.02. The smallest absolute Gasteiger partial charge is 0.262 e. The molecule has 0 spiro atoms. The van der Waals surface area contributed by atoms with Gasteiger partial charge in [-0.15, -0.1) is 0 Å². The molecule has 2 aromatic rings. The molecular weight excluding hydrogens is 363 g/mol. The first-order valence-electron chi connectivity index (χ1n) is 5.75. The lowest BCUT2D eigenvalue weighted by molar-refractivity contribution is 0.388. The highest BCUT2D eigenvalue weighted by Gasteiger charge is 2.19. The topological polar surface area (TPSA) is 81.4 Å². The molecule has 0 aliphatic heterocycles. The predicted molar refractivity (Wildman–Crippen MR) is 82.3 cm³/mol. The fraction of sp³-hybridized carbons (Fsp3) is 0.0769. The van der Waals surface area contributed by atoms with Crippen molar-refractivity contribution in [2.45, 2.75) is 4.90 Å². The minimum absolute atomic E-state index is 0.0906. The van der Waals surface area contributed by atoms with Gasteiger partial charge in [0.15, 0.2) is 11.6 Å². The van der Waals surface area contributed by atoms with Crippen LogP contribution in [0.5, 0.6) is 5.75 Å². The van der Waals surface area contributed by atoms with Gasteiger partial charge in [-0.05, 0) is 30.3 Å². The van der Waals surface area contributed by atoms with Gasteiger partial charge in [0.25, 0.3) is 10.0 Å². The summed E-state index contributed by atoms with van der Waals surface area (Å²) in [6.07, 6.45) is 0. The summed E-state index contributed by atoms with van der Waals surface area (Å²) in [6.45, 7) is 0. The predicted octanol–water partition coefficient (Wildman–Crippen LogP) is 2.98. The zero-order valence-corrected chi connectivity index (χ0v) is 13.3. The van der Waals surface area contributed by atoms with Crippen molar-refractivity contribution in [3.63, 3.8) is 0 Å². The van der Waals surface area contributed by atoms with Gasteiger partial charge in [-0.1, -0.05) is 22.0 Å². The average Bonchev–Trinajstić information content (AvgIpc) is 2.37. The van der Waals surface area contributed by atoms with E-state index < -0.39 is 15.8 Å². The van der Waals surface area contributed by atoms with E-state index >= 15 is 0 Å². The Bertz CT molecular complexity index is 758. The SMILES string of the molecule is COc1c(N)cc(S(=O)(=O)Nc2cccc(Br)c2)cc1F. The van der Waals surface area contributed by atoms with Crippen LogP contribution in [0.25, 0.3) is 0 Å². The number of nitrogens with one attached hydrogen (secondary N) is 1. The summed E-state index contributed by atoms with van der Waals surface area (Å²) >= 11 is 3.24. The van der Waals surface area contributed by atoms with Crippen LogP contribution in [-0.2, 0) is 10.0 Å². The molecule has 3 N–H and O–H groups in total. The van der Waals surface area contributed by atoms with Crippen LogP contribution in [0.2, 0.25) is 0 Å². The van der Waals surface area contributed by atoms with E-state index in [-0.39, 0.29) is 16.3 Å². The molecule has 112 valence electrons. The Balaban J connectivity index is 2.40. The van der Waals surface area contributed by atoms with Gasteiger partial charge < -0.3 is 10.5 Å². The fourth-order valence-corrected chi connectivity index (χ4v) is 3.22. The largest absolute Gasteiger partial charge is 0.492 e. The maximum Gasteiger partial charge on any atom is 0.262 e. The van der Waals surface area contributed by atoms with Gasteiger partial charge in [-0.2, -0.15) is 0 Å². The van der Waals surface area contributed by atoms with Gasteiger partial charge in [0, 0.05) is 10.2 Å². The molecule has 0 bridgehead atoms. The van der Waals surface area contributed by atoms with E-state index in [1.165, 1.54) is 7.11 Å². The summed E-state index contributed by atoms with van der Waals surface area (Å²) < 4.78 is 46.0. The van der Waals surface area contributed by atoms with E-state index in [0.717, 1.165) is 12.1 Å². The fourth-order valence-electron chi connectivity index (χ4n) is 1.73. The van der Waals surface area contributed by atoms with E-state index in [1.54, 1.807) is 24.3 Å². The molecule has 0 aliphatic rings. The minimum Gasteiger partial charge on any atom is -0.492 e. The molecule has 5 nitrogen and oxygen atoms in total. The normalized spacial score (nSPS) is 11.2. The highest BCUT2D eigenvalue weighted by molar-refractivity contribution is 9.10. The highest BCUT2D eigenvalue weighted by Crippen LogP contribution is 2.29. The Kier molecular flexibility index (Phi) is 4.38. The third-order valence-corrected chi connectivity index (χ3v) is 4.49. The molecule has 0 heterocycles. The van der Waals surface area contributed by atoms with Crippen LogP contribution < -0.4 is 15.2 Å². The van der Waals surface area contributed by atoms with Crippen molar-refractivity contribution in [3.05, 3.63) is 46.7 Å². The summed E-state index contributed by atoms with van der Waals surface area (Å²) in [6, 6.07) is 8.58. The molecule has 2 aromatic carbocycles. The first-order valence-corrected chi connectivity index (χ1v) is 8.02. The molecule has 0 atom stereocenters. The molecule has 0 amide bonds. The minimum atomic E-state index is -3.95. The quantitative estimate of drug-likeness (QED) is 0.806. The maximum absolute atomic E-state index is 13.7. The Hall–Kier alpha value is -1.80. The average molecular weight is 375 g/mol. The van der Waals surface area contributed by atoms with Gasteiger partial charge >= 0.3 is 0 Å². The number of rotatable bonds is 4. The monoisotopic (exact) mass is 374 g/mol. The molecular formula is C13H12BrFN2O3S. The summed E-state index contributed by atoms with van der Waals surface area (Å²) in [4.78, 5) is -0.279. The number of hydrogen-bond donors (Lipinski definition) is 2. The summed E-state index contributed by atoms with van der Waals surface area (Å²) in [7, 11) is -2.69. The van der Waals surface area contributed by atoms with Gasteiger partial charge in [-0.25, -0.2) is 12.8 Å². The van der Waals surface area contributed by atoms with Crippen molar-refractivity contribution in [3.8, 4) is 5.75 Å². The van der Waals surface area contributed by atoms with Crippen LogP contribution in [0.4, 0.5) is 15.8 Å². The Labute approximate surface area is 130 Å². The molecule has 0 aromatic heterocycles. The van der Waals surface area contributed by atoms with Crippen molar-refractivity contribution in [2.24, 2.45) is 0 Å². The van der Waals surface area contributed by atoms with Crippen molar-refractivity contribution in [1.82, 2.24) is 0 Å². The number of sulfonamides is 1. The number of ether oxygens (including phenoxy) is 1. The lowest BCUT2D eigenvalue weighted by atomic mass is 10.3. The van der Waals surface area contributed by atoms with Crippen LogP contribution >= 0.6 is 15.9 Å². The second-order valence-electron chi connectivity index (χ2n) is 4.14. The lowest BCUT2D eigenvalue weighted by Gasteiger charge is -2.11. The van der Waals surface area contributed by atoms with Crippen molar-refractivity contribution < 1.29 is 17.5 Å². The van der Waals surface area contributed by atoms with Crippen LogP contribution in [0.1, 0.15) is 0 Å². The molecule has 21 heavy (non-hydrogen) atoms. The lowest BCUT2D eigenvalue weighted by Crippen LogP contribution is -2.14. The molecule has 0 aliphatic carbocycles. The number of hydrogen-bond acceptors (Lipinski definition) is 4. The van der Waals surface area contributed by atoms with Crippen LogP contribution in [0.3, 0.4) is 0 Å². The van der Waals surface area contributed by atoms with E-state index in [4.69, 9.17) is 10.5 Å². The molecule has 0 fully saturated rings. The second-order valence-corrected chi connectivity index (χ2v) is 6.74. The first kappa shape index (κ1) is 15.6. The number of anilines is 2. The van der Waals surface area contributed by atoms with E-state index in [2.05, 4.69) is 20.7 Å². The van der Waals surface area contributed by atoms with Crippen molar-refractivity contribution in [2.75, 3.05) is 17.6 Å². The number of nitrogen functional groups attached to an aromatic ring is 1. The van der Waals surface area contributed by atoms with Gasteiger partial charge in [-0.3, -0.25) is 4.72 Å². The molecule has 0 saturated heterocycles. The zero-order chi connectivity index (χ0) is 15.6. The molecule has 2 rings (SSSR count). The van der Waals surface area contributed by atoms with Crippen LogP contribution in [0.15, 0.2) is 45.8 Å². The van der Waals surface area contributed by atoms with Crippen molar-refractivity contribution >= 4 is 37.3 Å². The molecule has 8 heteroatoms. The number of halogens is 2. The molecule has 0 unspecified atom stereocenters. The van der Waals surface area contributed by atoms with Gasteiger partial charge in [0.2, 0.25) is 0 Å². The van der Waals surface area contributed by atoms with Crippen molar-refractivity contribution in [1.29, 1.82) is 0 Å². The van der Waals surface area contributed by atoms with Crippen LogP contribution in [0, 0.1) is 5.82 Å². The van der Waals surface area contributed by atoms with Crippen LogP contribution in [-0.4, -0.2) is 15.5 Å². The summed E-state index contributed by atoms with van der Waals surface area (Å²) in [5, 5.41) is 0. The Morgan fingerprint density at radius 1 is 1.29 bits per heavy atom. The van der Waals surface area contributed by atoms with E-state index in [0.29, 0.717) is 10.2 Å². The first-order chi connectivity index (χ1) is 9.83.